The third kappa shape index (κ3) is 4.16. The van der Waals surface area contributed by atoms with Crippen molar-refractivity contribution in [3.05, 3.63) is 0 Å². The van der Waals surface area contributed by atoms with E-state index < -0.39 is 0 Å². The Bertz CT molecular complexity index is 253. The van der Waals surface area contributed by atoms with Gasteiger partial charge in [-0.3, -0.25) is 0 Å². The Kier molecular flexibility index (Phi) is 4.62. The zero-order valence-electron chi connectivity index (χ0n) is 10.7. The Morgan fingerprint density at radius 3 is 2.76 bits per heavy atom. The molecule has 2 heterocycles. The summed E-state index contributed by atoms with van der Waals surface area (Å²) in [6, 6.07) is 0.356. The average molecular weight is 240 g/mol. The molecule has 5 heteroatoms. The highest BCUT2D eigenvalue weighted by molar-refractivity contribution is 5.74. The van der Waals surface area contributed by atoms with Crippen LogP contribution in [0.5, 0.6) is 0 Å². The second kappa shape index (κ2) is 6.21. The number of piperidine rings is 1. The summed E-state index contributed by atoms with van der Waals surface area (Å²) >= 11 is 0. The van der Waals surface area contributed by atoms with Crippen LogP contribution in [-0.2, 0) is 0 Å². The maximum Gasteiger partial charge on any atom is 0.315 e. The quantitative estimate of drug-likeness (QED) is 0.650. The molecule has 17 heavy (non-hydrogen) atoms. The van der Waals surface area contributed by atoms with Crippen molar-refractivity contribution in [1.29, 1.82) is 0 Å². The molecule has 2 saturated heterocycles. The third-order valence-electron chi connectivity index (χ3n) is 3.71. The van der Waals surface area contributed by atoms with Crippen LogP contribution in [-0.4, -0.2) is 56.7 Å². The molecule has 0 radical (unpaired) electrons. The van der Waals surface area contributed by atoms with Crippen molar-refractivity contribution >= 4 is 6.03 Å². The lowest BCUT2D eigenvalue weighted by molar-refractivity contribution is 0.231. The number of hydrogen-bond acceptors (Lipinski definition) is 3. The summed E-state index contributed by atoms with van der Waals surface area (Å²) < 4.78 is 0. The number of carbonyl (C=O) groups excluding carboxylic acids is 1. The lowest BCUT2D eigenvalue weighted by Crippen LogP contribution is -2.47. The molecule has 0 aromatic heterocycles. The Morgan fingerprint density at radius 1 is 1.35 bits per heavy atom. The van der Waals surface area contributed by atoms with Gasteiger partial charge < -0.3 is 20.9 Å². The van der Waals surface area contributed by atoms with Gasteiger partial charge >= 0.3 is 6.03 Å². The van der Waals surface area contributed by atoms with Gasteiger partial charge in [0.25, 0.3) is 0 Å². The smallest absolute Gasteiger partial charge is 0.315 e. The first kappa shape index (κ1) is 12.6. The van der Waals surface area contributed by atoms with E-state index in [4.69, 9.17) is 0 Å². The fourth-order valence-electron chi connectivity index (χ4n) is 2.63. The van der Waals surface area contributed by atoms with E-state index in [1.807, 2.05) is 0 Å². The maximum absolute atomic E-state index is 11.7. The largest absolute Gasteiger partial charge is 0.338 e. The van der Waals surface area contributed by atoms with Gasteiger partial charge in [-0.1, -0.05) is 0 Å². The Morgan fingerprint density at radius 2 is 2.12 bits per heavy atom. The van der Waals surface area contributed by atoms with Gasteiger partial charge in [-0.25, -0.2) is 4.79 Å². The standard InChI is InChI=1S/C12H24N4O/c1-16-7-4-10(9-16)8-14-12(17)15-11-2-5-13-6-3-11/h10-11,13H,2-9H2,1H3,(H2,14,15,17). The number of nitrogens with one attached hydrogen (secondary N) is 3. The summed E-state index contributed by atoms with van der Waals surface area (Å²) in [6.45, 7) is 5.09. The van der Waals surface area contributed by atoms with E-state index in [0.29, 0.717) is 12.0 Å². The summed E-state index contributed by atoms with van der Waals surface area (Å²) in [5.74, 6) is 0.624. The Hall–Kier alpha value is -0.810. The van der Waals surface area contributed by atoms with Gasteiger partial charge in [-0.2, -0.15) is 0 Å². The van der Waals surface area contributed by atoms with Crippen molar-refractivity contribution in [3.63, 3.8) is 0 Å². The molecule has 2 fully saturated rings. The molecule has 2 aliphatic heterocycles. The summed E-state index contributed by atoms with van der Waals surface area (Å²) in [6.07, 6.45) is 3.28. The topological polar surface area (TPSA) is 56.4 Å². The van der Waals surface area contributed by atoms with Crippen LogP contribution in [0.2, 0.25) is 0 Å². The van der Waals surface area contributed by atoms with E-state index in [1.54, 1.807) is 0 Å². The molecular formula is C12H24N4O. The van der Waals surface area contributed by atoms with Crippen LogP contribution in [0.15, 0.2) is 0 Å². The fraction of sp³-hybridized carbons (Fsp3) is 0.917. The monoisotopic (exact) mass is 240 g/mol. The van der Waals surface area contributed by atoms with Gasteiger partial charge in [0.2, 0.25) is 0 Å². The summed E-state index contributed by atoms with van der Waals surface area (Å²) in [5.41, 5.74) is 0. The number of rotatable bonds is 3. The molecule has 5 nitrogen and oxygen atoms in total. The first-order valence-electron chi connectivity index (χ1n) is 6.67. The van der Waals surface area contributed by atoms with Crippen molar-refractivity contribution in [2.75, 3.05) is 39.8 Å². The molecule has 2 aliphatic rings. The highest BCUT2D eigenvalue weighted by Crippen LogP contribution is 2.12. The number of carbonyl (C=O) groups is 1. The first-order chi connectivity index (χ1) is 8.24. The van der Waals surface area contributed by atoms with Crippen molar-refractivity contribution in [3.8, 4) is 0 Å². The molecule has 0 bridgehead atoms. The lowest BCUT2D eigenvalue weighted by Gasteiger charge is -2.24. The van der Waals surface area contributed by atoms with Crippen LogP contribution in [0.1, 0.15) is 19.3 Å². The number of urea groups is 1. The van der Waals surface area contributed by atoms with Gasteiger partial charge in [0.1, 0.15) is 0 Å². The molecule has 0 saturated carbocycles. The van der Waals surface area contributed by atoms with Crippen LogP contribution in [0.4, 0.5) is 4.79 Å². The normalized spacial score (nSPS) is 27.0. The van der Waals surface area contributed by atoms with Crippen LogP contribution in [0.3, 0.4) is 0 Å². The van der Waals surface area contributed by atoms with E-state index in [2.05, 4.69) is 27.9 Å². The minimum absolute atomic E-state index is 0.00598. The van der Waals surface area contributed by atoms with E-state index in [9.17, 15) is 4.79 Å². The number of likely N-dealkylation sites (tertiary alicyclic amines) is 1. The molecule has 2 rings (SSSR count). The molecular weight excluding hydrogens is 216 g/mol. The number of amides is 2. The van der Waals surface area contributed by atoms with Gasteiger partial charge in [0, 0.05) is 19.1 Å². The van der Waals surface area contributed by atoms with Crippen molar-refractivity contribution in [1.82, 2.24) is 20.9 Å². The van der Waals surface area contributed by atoms with E-state index in [0.717, 1.165) is 45.6 Å². The van der Waals surface area contributed by atoms with Gasteiger partial charge in [0.15, 0.2) is 0 Å². The van der Waals surface area contributed by atoms with Gasteiger partial charge in [-0.05, 0) is 51.9 Å². The zero-order chi connectivity index (χ0) is 12.1. The second-order valence-electron chi connectivity index (χ2n) is 5.30. The molecule has 0 aromatic carbocycles. The summed E-state index contributed by atoms with van der Waals surface area (Å²) in [5, 5.41) is 9.34. The van der Waals surface area contributed by atoms with Crippen LogP contribution >= 0.6 is 0 Å². The molecule has 0 aromatic rings. The van der Waals surface area contributed by atoms with Crippen molar-refractivity contribution in [2.24, 2.45) is 5.92 Å². The summed E-state index contributed by atoms with van der Waals surface area (Å²) in [7, 11) is 2.13. The summed E-state index contributed by atoms with van der Waals surface area (Å²) in [4.78, 5) is 14.0. The molecule has 98 valence electrons. The SMILES string of the molecule is CN1CCC(CNC(=O)NC2CCNCC2)C1. The molecule has 1 unspecified atom stereocenters. The zero-order valence-corrected chi connectivity index (χ0v) is 10.7. The van der Waals surface area contributed by atoms with E-state index in [-0.39, 0.29) is 6.03 Å². The first-order valence-corrected chi connectivity index (χ1v) is 6.67. The average Bonchev–Trinajstić information content (AvgIpc) is 2.74. The van der Waals surface area contributed by atoms with Crippen molar-refractivity contribution in [2.45, 2.75) is 25.3 Å². The van der Waals surface area contributed by atoms with Crippen LogP contribution in [0, 0.1) is 5.92 Å². The predicted octanol–water partition coefficient (Wildman–Crippen LogP) is -0.0107. The predicted molar refractivity (Wildman–Crippen MR) is 68.0 cm³/mol. The van der Waals surface area contributed by atoms with Gasteiger partial charge in [-0.15, -0.1) is 0 Å². The second-order valence-corrected chi connectivity index (χ2v) is 5.30. The fourth-order valence-corrected chi connectivity index (χ4v) is 2.63. The minimum atomic E-state index is 0.00598. The molecule has 0 spiro atoms. The number of nitrogens with zero attached hydrogens (tertiary/aromatic N) is 1. The van der Waals surface area contributed by atoms with Crippen LogP contribution < -0.4 is 16.0 Å². The molecule has 0 aliphatic carbocycles. The maximum atomic E-state index is 11.7. The van der Waals surface area contributed by atoms with Crippen molar-refractivity contribution < 1.29 is 4.79 Å². The number of hydrogen-bond donors (Lipinski definition) is 3. The molecule has 1 atom stereocenters. The van der Waals surface area contributed by atoms with E-state index in [1.165, 1.54) is 6.42 Å². The third-order valence-corrected chi connectivity index (χ3v) is 3.71. The highest BCUT2D eigenvalue weighted by Gasteiger charge is 2.20. The van der Waals surface area contributed by atoms with E-state index >= 15 is 0 Å². The minimum Gasteiger partial charge on any atom is -0.338 e. The molecule has 3 N–H and O–H groups in total. The highest BCUT2D eigenvalue weighted by atomic mass is 16.2. The Balaban J connectivity index is 1.60. The Labute approximate surface area is 103 Å². The molecule has 2 amide bonds. The lowest BCUT2D eigenvalue weighted by atomic mass is 10.1. The van der Waals surface area contributed by atoms with Gasteiger partial charge in [0.05, 0.1) is 0 Å². The van der Waals surface area contributed by atoms with Crippen LogP contribution in [0.25, 0.3) is 0 Å².